The summed E-state index contributed by atoms with van der Waals surface area (Å²) < 4.78 is 0. The van der Waals surface area contributed by atoms with Crippen LogP contribution in [0.25, 0.3) is 0 Å². The van der Waals surface area contributed by atoms with Crippen LogP contribution in [0.1, 0.15) is 19.3 Å². The van der Waals surface area contributed by atoms with Crippen molar-refractivity contribution in [3.63, 3.8) is 0 Å². The highest BCUT2D eigenvalue weighted by atomic mass is 16.2. The number of rotatable bonds is 2. The molecule has 1 aliphatic heterocycles. The molecule has 5 heteroatoms. The Labute approximate surface area is 111 Å². The highest BCUT2D eigenvalue weighted by Crippen LogP contribution is 2.44. The Balaban J connectivity index is 1.65. The van der Waals surface area contributed by atoms with Gasteiger partial charge in [-0.3, -0.25) is 19.3 Å². The number of nitrogens with one attached hydrogen (secondary N) is 1. The monoisotopic (exact) mass is 260 g/mol. The number of amides is 3. The maximum Gasteiger partial charge on any atom is 0.251 e. The van der Waals surface area contributed by atoms with Gasteiger partial charge < -0.3 is 5.32 Å². The van der Waals surface area contributed by atoms with Gasteiger partial charge in [0.05, 0.1) is 0 Å². The summed E-state index contributed by atoms with van der Waals surface area (Å²) in [5.74, 6) is 0.374. The number of likely N-dealkylation sites (N-methyl/N-ethyl adjacent to an activating group) is 1. The van der Waals surface area contributed by atoms with Crippen LogP contribution in [0, 0.1) is 11.8 Å². The number of carbonyl (C=O) groups excluding carboxylic acids is 3. The van der Waals surface area contributed by atoms with Gasteiger partial charge in [0.2, 0.25) is 5.91 Å². The molecule has 3 atom stereocenters. The maximum atomic E-state index is 12.1. The number of allylic oxidation sites excluding steroid dienone is 2. The van der Waals surface area contributed by atoms with E-state index in [0.29, 0.717) is 30.3 Å². The first-order valence-electron chi connectivity index (χ1n) is 6.57. The van der Waals surface area contributed by atoms with E-state index >= 15 is 0 Å². The number of piperidine rings is 1. The summed E-state index contributed by atoms with van der Waals surface area (Å²) in [7, 11) is 1.46. The van der Waals surface area contributed by atoms with Gasteiger partial charge in [0.1, 0.15) is 6.04 Å². The van der Waals surface area contributed by atoms with E-state index in [0.717, 1.165) is 11.3 Å². The Morgan fingerprint density at radius 2 is 2.16 bits per heavy atom. The molecule has 1 saturated carbocycles. The molecule has 100 valence electrons. The molecule has 1 saturated heterocycles. The summed E-state index contributed by atoms with van der Waals surface area (Å²) >= 11 is 0. The second kappa shape index (κ2) is 4.33. The first-order valence-corrected chi connectivity index (χ1v) is 6.57. The minimum absolute atomic E-state index is 0.187. The van der Waals surface area contributed by atoms with Crippen LogP contribution in [-0.2, 0) is 14.4 Å². The number of carbonyl (C=O) groups is 3. The number of hydrogen-bond acceptors (Lipinski definition) is 3. The molecule has 0 bridgehead atoms. The molecule has 1 N–H and O–H groups in total. The Bertz CT molecular complexity index is 521. The van der Waals surface area contributed by atoms with Crippen molar-refractivity contribution < 1.29 is 14.4 Å². The fourth-order valence-electron chi connectivity index (χ4n) is 2.60. The van der Waals surface area contributed by atoms with Gasteiger partial charge in [-0.25, -0.2) is 0 Å². The number of imide groups is 1. The molecule has 3 unspecified atom stereocenters. The topological polar surface area (TPSA) is 66.5 Å². The van der Waals surface area contributed by atoms with E-state index in [9.17, 15) is 14.4 Å². The molecule has 0 aromatic carbocycles. The molecular formula is C14H16N2O3. The molecule has 19 heavy (non-hydrogen) atoms. The lowest BCUT2D eigenvalue weighted by molar-refractivity contribution is -0.149. The normalized spacial score (nSPS) is 32.8. The molecule has 2 aliphatic carbocycles. The van der Waals surface area contributed by atoms with Crippen molar-refractivity contribution in [2.24, 2.45) is 11.8 Å². The van der Waals surface area contributed by atoms with E-state index in [1.165, 1.54) is 7.05 Å². The third-order valence-corrected chi connectivity index (χ3v) is 4.02. The first-order chi connectivity index (χ1) is 9.06. The predicted molar refractivity (Wildman–Crippen MR) is 67.8 cm³/mol. The zero-order chi connectivity index (χ0) is 13.6. The van der Waals surface area contributed by atoms with Crippen LogP contribution in [0.15, 0.2) is 23.8 Å². The molecular weight excluding hydrogens is 244 g/mol. The highest BCUT2D eigenvalue weighted by Gasteiger charge is 2.37. The summed E-state index contributed by atoms with van der Waals surface area (Å²) in [6.07, 6.45) is 7.65. The van der Waals surface area contributed by atoms with Crippen LogP contribution in [0.3, 0.4) is 0 Å². The largest absolute Gasteiger partial charge is 0.340 e. The quantitative estimate of drug-likeness (QED) is 0.730. The van der Waals surface area contributed by atoms with Gasteiger partial charge in [-0.2, -0.15) is 0 Å². The molecule has 3 rings (SSSR count). The van der Waals surface area contributed by atoms with Crippen LogP contribution in [0.5, 0.6) is 0 Å². The van der Waals surface area contributed by atoms with Crippen molar-refractivity contribution in [1.29, 1.82) is 0 Å². The average molecular weight is 260 g/mol. The van der Waals surface area contributed by atoms with Crippen molar-refractivity contribution in [2.75, 3.05) is 7.05 Å². The van der Waals surface area contributed by atoms with Crippen molar-refractivity contribution in [2.45, 2.75) is 25.3 Å². The third-order valence-electron chi connectivity index (χ3n) is 4.02. The van der Waals surface area contributed by atoms with E-state index in [-0.39, 0.29) is 17.7 Å². The molecule has 5 nitrogen and oxygen atoms in total. The molecule has 3 aliphatic rings. The summed E-state index contributed by atoms with van der Waals surface area (Å²) in [5.41, 5.74) is 0.631. The van der Waals surface area contributed by atoms with E-state index in [4.69, 9.17) is 0 Å². The van der Waals surface area contributed by atoms with Gasteiger partial charge in [-0.15, -0.1) is 0 Å². The summed E-state index contributed by atoms with van der Waals surface area (Å²) in [5, 5.41) is 2.73. The number of hydrogen-bond donors (Lipinski definition) is 1. The number of fused-ring (bicyclic) bond motifs is 1. The Morgan fingerprint density at radius 3 is 2.89 bits per heavy atom. The summed E-state index contributed by atoms with van der Waals surface area (Å²) in [4.78, 5) is 36.4. The fourth-order valence-corrected chi connectivity index (χ4v) is 2.60. The van der Waals surface area contributed by atoms with Gasteiger partial charge in [0, 0.05) is 19.0 Å². The lowest BCUT2D eigenvalue weighted by atomic mass is 10.0. The molecule has 1 heterocycles. The van der Waals surface area contributed by atoms with E-state index in [1.807, 2.05) is 12.2 Å². The first kappa shape index (κ1) is 12.1. The van der Waals surface area contributed by atoms with Crippen LogP contribution >= 0.6 is 0 Å². The lowest BCUT2D eigenvalue weighted by Crippen LogP contribution is -2.53. The molecule has 0 spiro atoms. The molecule has 3 amide bonds. The maximum absolute atomic E-state index is 12.1. The molecule has 0 aromatic heterocycles. The minimum atomic E-state index is -0.582. The van der Waals surface area contributed by atoms with Crippen molar-refractivity contribution in [1.82, 2.24) is 10.2 Å². The van der Waals surface area contributed by atoms with Gasteiger partial charge >= 0.3 is 0 Å². The highest BCUT2D eigenvalue weighted by molar-refractivity contribution is 6.04. The van der Waals surface area contributed by atoms with Crippen molar-refractivity contribution in [3.05, 3.63) is 23.8 Å². The van der Waals surface area contributed by atoms with E-state index in [1.54, 1.807) is 0 Å². The predicted octanol–water partition coefficient (Wildman–Crippen LogP) is 0.382. The van der Waals surface area contributed by atoms with Gasteiger partial charge in [-0.05, 0) is 24.7 Å². The Hall–Kier alpha value is -1.91. The van der Waals surface area contributed by atoms with Crippen molar-refractivity contribution in [3.8, 4) is 0 Å². The smallest absolute Gasteiger partial charge is 0.251 e. The Morgan fingerprint density at radius 1 is 1.37 bits per heavy atom. The lowest BCUT2D eigenvalue weighted by Gasteiger charge is -2.28. The molecule has 0 radical (unpaired) electrons. The van der Waals surface area contributed by atoms with Crippen LogP contribution < -0.4 is 5.32 Å². The van der Waals surface area contributed by atoms with Gasteiger partial charge in [-0.1, -0.05) is 18.2 Å². The number of likely N-dealkylation sites (tertiary alicyclic amines) is 1. The zero-order valence-electron chi connectivity index (χ0n) is 10.8. The third kappa shape index (κ3) is 2.20. The zero-order valence-corrected chi connectivity index (χ0v) is 10.8. The SMILES string of the molecule is CN1C(=O)CCC(NC(=O)C2=CC3CC3C=C2)C1=O. The fraction of sp³-hybridized carbons (Fsp3) is 0.500. The van der Waals surface area contributed by atoms with Crippen LogP contribution in [0.4, 0.5) is 0 Å². The second-order valence-corrected chi connectivity index (χ2v) is 5.40. The summed E-state index contributed by atoms with van der Waals surface area (Å²) in [6, 6.07) is -0.582. The van der Waals surface area contributed by atoms with E-state index in [2.05, 4.69) is 11.4 Å². The second-order valence-electron chi connectivity index (χ2n) is 5.40. The Kier molecular flexibility index (Phi) is 2.77. The standard InChI is InChI=1S/C14H16N2O3/c1-16-12(17)5-4-11(14(16)19)15-13(18)9-3-2-8-6-10(8)7-9/h2-3,7-8,10-11H,4-6H2,1H3,(H,15,18). The molecule has 0 aromatic rings. The minimum Gasteiger partial charge on any atom is -0.340 e. The van der Waals surface area contributed by atoms with Crippen LogP contribution in [-0.4, -0.2) is 35.7 Å². The van der Waals surface area contributed by atoms with Crippen LogP contribution in [0.2, 0.25) is 0 Å². The van der Waals surface area contributed by atoms with Crippen molar-refractivity contribution >= 4 is 17.7 Å². The number of nitrogens with zero attached hydrogens (tertiary/aromatic N) is 1. The van der Waals surface area contributed by atoms with E-state index < -0.39 is 6.04 Å². The average Bonchev–Trinajstić information content (AvgIpc) is 3.17. The molecule has 2 fully saturated rings. The van der Waals surface area contributed by atoms with Gasteiger partial charge in [0.15, 0.2) is 0 Å². The summed E-state index contributed by atoms with van der Waals surface area (Å²) in [6.45, 7) is 0. The van der Waals surface area contributed by atoms with Gasteiger partial charge in [0.25, 0.3) is 11.8 Å².